The SMILES string of the molecule is C[C@]12CC[C@@H]3c4c(CO)cc(O)cc4CC[C@H]3[C@@H]1CCC2=O. The smallest absolute Gasteiger partial charge is 0.139 e. The minimum atomic E-state index is -0.102. The fourth-order valence-corrected chi connectivity index (χ4v) is 5.72. The lowest BCUT2D eigenvalue weighted by atomic mass is 9.55. The van der Waals surface area contributed by atoms with E-state index in [1.807, 2.05) is 6.07 Å². The van der Waals surface area contributed by atoms with Gasteiger partial charge in [0.25, 0.3) is 0 Å². The highest BCUT2D eigenvalue weighted by molar-refractivity contribution is 5.87. The second-order valence-corrected chi connectivity index (χ2v) is 7.67. The first-order valence-electron chi connectivity index (χ1n) is 8.53. The molecule has 3 aliphatic carbocycles. The fraction of sp³-hybridized carbons (Fsp3) is 0.632. The van der Waals surface area contributed by atoms with Crippen molar-refractivity contribution in [3.05, 3.63) is 28.8 Å². The standard InChI is InChI=1S/C19H24O3/c1-19-7-6-15-14(16(19)4-5-17(19)22)3-2-11-8-13(21)9-12(10-20)18(11)15/h8-9,14-16,20-21H,2-7,10H2,1H3/t14-,15+,16+,19+/m1/s1. The average Bonchev–Trinajstić information content (AvgIpc) is 2.81. The number of carbonyl (C=O) groups excluding carboxylic acids is 1. The lowest BCUT2D eigenvalue weighted by molar-refractivity contribution is -0.129. The Morgan fingerprint density at radius 1 is 1.23 bits per heavy atom. The molecular weight excluding hydrogens is 276 g/mol. The summed E-state index contributed by atoms with van der Waals surface area (Å²) in [6.45, 7) is 2.17. The van der Waals surface area contributed by atoms with Gasteiger partial charge in [-0.2, -0.15) is 0 Å². The van der Waals surface area contributed by atoms with Crippen LogP contribution >= 0.6 is 0 Å². The van der Waals surface area contributed by atoms with Gasteiger partial charge in [0.05, 0.1) is 6.61 Å². The van der Waals surface area contributed by atoms with E-state index in [0.29, 0.717) is 23.5 Å². The van der Waals surface area contributed by atoms with Crippen LogP contribution in [0.15, 0.2) is 12.1 Å². The van der Waals surface area contributed by atoms with Crippen LogP contribution in [0.3, 0.4) is 0 Å². The van der Waals surface area contributed by atoms with Crippen LogP contribution in [0.25, 0.3) is 0 Å². The Labute approximate surface area is 131 Å². The summed E-state index contributed by atoms with van der Waals surface area (Å²) in [6, 6.07) is 3.59. The van der Waals surface area contributed by atoms with Gasteiger partial charge in [-0.1, -0.05) is 6.92 Å². The topological polar surface area (TPSA) is 57.5 Å². The normalized spacial score (nSPS) is 36.6. The molecule has 1 aromatic rings. The molecule has 0 saturated heterocycles. The van der Waals surface area contributed by atoms with Gasteiger partial charge in [0.2, 0.25) is 0 Å². The Morgan fingerprint density at radius 3 is 2.82 bits per heavy atom. The van der Waals surface area contributed by atoms with Gasteiger partial charge in [-0.3, -0.25) is 4.79 Å². The van der Waals surface area contributed by atoms with Crippen molar-refractivity contribution < 1.29 is 15.0 Å². The van der Waals surface area contributed by atoms with E-state index in [-0.39, 0.29) is 17.8 Å². The van der Waals surface area contributed by atoms with Gasteiger partial charge in [0.1, 0.15) is 11.5 Å². The second-order valence-electron chi connectivity index (χ2n) is 7.67. The molecule has 0 radical (unpaired) electrons. The minimum absolute atomic E-state index is 0.0131. The summed E-state index contributed by atoms with van der Waals surface area (Å²) in [4.78, 5) is 12.3. The van der Waals surface area contributed by atoms with Crippen LogP contribution in [0, 0.1) is 17.3 Å². The third-order valence-corrected chi connectivity index (χ3v) is 6.77. The molecule has 1 aromatic carbocycles. The molecular formula is C19H24O3. The molecule has 0 aromatic heterocycles. The number of aliphatic hydroxyl groups excluding tert-OH is 1. The first kappa shape index (κ1) is 14.3. The lowest BCUT2D eigenvalue weighted by Gasteiger charge is -2.48. The quantitative estimate of drug-likeness (QED) is 0.836. The highest BCUT2D eigenvalue weighted by atomic mass is 16.3. The Hall–Kier alpha value is -1.35. The molecule has 2 saturated carbocycles. The number of aromatic hydroxyl groups is 1. The van der Waals surface area contributed by atoms with Crippen LogP contribution in [-0.4, -0.2) is 16.0 Å². The van der Waals surface area contributed by atoms with Crippen molar-refractivity contribution in [3.8, 4) is 5.75 Å². The lowest BCUT2D eigenvalue weighted by Crippen LogP contribution is -2.42. The van der Waals surface area contributed by atoms with Crippen LogP contribution in [-0.2, 0) is 17.8 Å². The van der Waals surface area contributed by atoms with Crippen molar-refractivity contribution in [2.45, 2.75) is 58.0 Å². The van der Waals surface area contributed by atoms with Crippen molar-refractivity contribution in [2.75, 3.05) is 0 Å². The average molecular weight is 300 g/mol. The molecule has 3 aliphatic rings. The zero-order chi connectivity index (χ0) is 15.5. The third kappa shape index (κ3) is 1.81. The first-order valence-corrected chi connectivity index (χ1v) is 8.53. The maximum atomic E-state index is 12.3. The first-order chi connectivity index (χ1) is 10.5. The number of ketones is 1. The number of fused-ring (bicyclic) bond motifs is 5. The van der Waals surface area contributed by atoms with E-state index < -0.39 is 0 Å². The summed E-state index contributed by atoms with van der Waals surface area (Å²) in [7, 11) is 0. The molecule has 0 bridgehead atoms. The molecule has 118 valence electrons. The molecule has 0 unspecified atom stereocenters. The van der Waals surface area contributed by atoms with Crippen molar-refractivity contribution in [3.63, 3.8) is 0 Å². The zero-order valence-electron chi connectivity index (χ0n) is 13.1. The highest BCUT2D eigenvalue weighted by Crippen LogP contribution is 2.60. The van der Waals surface area contributed by atoms with Gasteiger partial charge in [-0.05, 0) is 78.7 Å². The Balaban J connectivity index is 1.77. The number of phenolic OH excluding ortho intramolecular Hbond substituents is 1. The molecule has 3 heteroatoms. The maximum absolute atomic E-state index is 12.3. The van der Waals surface area contributed by atoms with Crippen LogP contribution < -0.4 is 0 Å². The van der Waals surface area contributed by atoms with Gasteiger partial charge in [0.15, 0.2) is 0 Å². The van der Waals surface area contributed by atoms with Crippen molar-refractivity contribution >= 4 is 5.78 Å². The van der Waals surface area contributed by atoms with Gasteiger partial charge >= 0.3 is 0 Å². The van der Waals surface area contributed by atoms with Crippen molar-refractivity contribution in [1.82, 2.24) is 0 Å². The van der Waals surface area contributed by atoms with E-state index in [1.165, 1.54) is 11.1 Å². The molecule has 4 atom stereocenters. The molecule has 22 heavy (non-hydrogen) atoms. The van der Waals surface area contributed by atoms with E-state index in [1.54, 1.807) is 6.07 Å². The Bertz CT molecular complexity index is 619. The summed E-state index contributed by atoms with van der Waals surface area (Å²) in [5, 5.41) is 19.6. The van der Waals surface area contributed by atoms with Gasteiger partial charge in [-0.15, -0.1) is 0 Å². The number of Topliss-reactive ketones (excluding diaryl/α,β-unsaturated/α-hetero) is 1. The summed E-state index contributed by atoms with van der Waals surface area (Å²) in [5.41, 5.74) is 3.27. The highest BCUT2D eigenvalue weighted by Gasteiger charge is 2.54. The number of benzene rings is 1. The van der Waals surface area contributed by atoms with E-state index in [9.17, 15) is 15.0 Å². The molecule has 0 aliphatic heterocycles. The number of hydrogen-bond donors (Lipinski definition) is 2. The Kier molecular flexibility index (Phi) is 3.12. The molecule has 0 amide bonds. The minimum Gasteiger partial charge on any atom is -0.508 e. The number of phenols is 1. The molecule has 4 rings (SSSR count). The van der Waals surface area contributed by atoms with E-state index >= 15 is 0 Å². The van der Waals surface area contributed by atoms with Gasteiger partial charge < -0.3 is 10.2 Å². The van der Waals surface area contributed by atoms with Crippen LogP contribution in [0.2, 0.25) is 0 Å². The van der Waals surface area contributed by atoms with E-state index in [0.717, 1.165) is 44.1 Å². The number of rotatable bonds is 1. The monoisotopic (exact) mass is 300 g/mol. The third-order valence-electron chi connectivity index (χ3n) is 6.77. The maximum Gasteiger partial charge on any atom is 0.139 e. The molecule has 2 N–H and O–H groups in total. The van der Waals surface area contributed by atoms with Gasteiger partial charge in [-0.25, -0.2) is 0 Å². The summed E-state index contributed by atoms with van der Waals surface area (Å²) < 4.78 is 0. The Morgan fingerprint density at radius 2 is 2.05 bits per heavy atom. The molecule has 0 spiro atoms. The molecule has 3 nitrogen and oxygen atoms in total. The van der Waals surface area contributed by atoms with Crippen LogP contribution in [0.1, 0.15) is 61.6 Å². The van der Waals surface area contributed by atoms with Crippen LogP contribution in [0.4, 0.5) is 0 Å². The van der Waals surface area contributed by atoms with Crippen molar-refractivity contribution in [2.24, 2.45) is 17.3 Å². The zero-order valence-corrected chi connectivity index (χ0v) is 13.1. The number of aryl methyl sites for hydroxylation is 1. The molecule has 2 fully saturated rings. The molecule has 0 heterocycles. The largest absolute Gasteiger partial charge is 0.508 e. The van der Waals surface area contributed by atoms with Crippen molar-refractivity contribution in [1.29, 1.82) is 0 Å². The summed E-state index contributed by atoms with van der Waals surface area (Å²) in [6.07, 6.45) is 5.87. The number of carbonyl (C=O) groups is 1. The van der Waals surface area contributed by atoms with Crippen LogP contribution in [0.5, 0.6) is 5.75 Å². The van der Waals surface area contributed by atoms with E-state index in [4.69, 9.17) is 0 Å². The predicted molar refractivity (Wildman–Crippen MR) is 83.7 cm³/mol. The van der Waals surface area contributed by atoms with Gasteiger partial charge in [0, 0.05) is 11.8 Å². The second kappa shape index (κ2) is 4.82. The van der Waals surface area contributed by atoms with E-state index in [2.05, 4.69) is 6.92 Å². The fourth-order valence-electron chi connectivity index (χ4n) is 5.72. The predicted octanol–water partition coefficient (Wildman–Crippen LogP) is 3.31. The number of hydrogen-bond acceptors (Lipinski definition) is 3. The number of aliphatic hydroxyl groups is 1. The summed E-state index contributed by atoms with van der Waals surface area (Å²) in [5.74, 6) is 2.25. The summed E-state index contributed by atoms with van der Waals surface area (Å²) >= 11 is 0.